The monoisotopic (exact) mass is 337 g/mol. The summed E-state index contributed by atoms with van der Waals surface area (Å²) in [5.41, 5.74) is 3.51. The molecule has 0 aliphatic heterocycles. The molecule has 0 N–H and O–H groups in total. The first kappa shape index (κ1) is 17.5. The molecule has 0 spiro atoms. The average molecular weight is 337 g/mol. The van der Waals surface area contributed by atoms with Gasteiger partial charge in [-0.15, -0.1) is 0 Å². The van der Waals surface area contributed by atoms with Crippen molar-refractivity contribution >= 4 is 6.09 Å². The van der Waals surface area contributed by atoms with Crippen LogP contribution in [-0.2, 0) is 17.6 Å². The lowest BCUT2D eigenvalue weighted by Crippen LogP contribution is -2.43. The van der Waals surface area contributed by atoms with Gasteiger partial charge in [0.15, 0.2) is 0 Å². The standard InChI is InChI=1S/C22H27NO2/c1-22(2,3)25-21(24)23(4)20-15-17-12-8-9-13-18(17)19(20)14-16-10-6-5-7-11-16/h5-13,19-20H,14-15H2,1-4H3/t19-,20-/m1/s1. The maximum atomic E-state index is 12.6. The molecule has 3 heteroatoms. The third-order valence-corrected chi connectivity index (χ3v) is 4.83. The number of nitrogens with zero attached hydrogens (tertiary/aromatic N) is 1. The predicted octanol–water partition coefficient (Wildman–Crippen LogP) is 4.80. The number of fused-ring (bicyclic) bond motifs is 1. The predicted molar refractivity (Wildman–Crippen MR) is 101 cm³/mol. The van der Waals surface area contributed by atoms with E-state index in [0.717, 1.165) is 12.8 Å². The quantitative estimate of drug-likeness (QED) is 0.805. The third-order valence-electron chi connectivity index (χ3n) is 4.83. The van der Waals surface area contributed by atoms with Crippen LogP contribution < -0.4 is 0 Å². The van der Waals surface area contributed by atoms with Gasteiger partial charge in [0.25, 0.3) is 0 Å². The van der Waals surface area contributed by atoms with Crippen molar-refractivity contribution in [1.82, 2.24) is 4.90 Å². The number of likely N-dealkylation sites (N-methyl/N-ethyl adjacent to an activating group) is 1. The van der Waals surface area contributed by atoms with Gasteiger partial charge in [0.05, 0.1) is 0 Å². The van der Waals surface area contributed by atoms with E-state index in [2.05, 4.69) is 48.5 Å². The molecule has 0 bridgehead atoms. The second kappa shape index (κ2) is 6.91. The highest BCUT2D eigenvalue weighted by atomic mass is 16.6. The number of hydrogen-bond donors (Lipinski definition) is 0. The topological polar surface area (TPSA) is 29.5 Å². The highest BCUT2D eigenvalue weighted by Crippen LogP contribution is 2.38. The van der Waals surface area contributed by atoms with Crippen molar-refractivity contribution in [3.8, 4) is 0 Å². The minimum Gasteiger partial charge on any atom is -0.444 e. The van der Waals surface area contributed by atoms with E-state index in [0.29, 0.717) is 0 Å². The summed E-state index contributed by atoms with van der Waals surface area (Å²) in [5, 5.41) is 0. The summed E-state index contributed by atoms with van der Waals surface area (Å²) in [6.45, 7) is 5.72. The van der Waals surface area contributed by atoms with Crippen LogP contribution in [0.4, 0.5) is 4.79 Å². The first-order valence-electron chi connectivity index (χ1n) is 8.93. The minimum absolute atomic E-state index is 0.118. The molecule has 0 saturated heterocycles. The molecule has 1 aliphatic rings. The summed E-state index contributed by atoms with van der Waals surface area (Å²) >= 11 is 0. The molecule has 0 unspecified atom stereocenters. The first-order valence-corrected chi connectivity index (χ1v) is 8.93. The summed E-state index contributed by atoms with van der Waals surface area (Å²) < 4.78 is 5.60. The molecular weight excluding hydrogens is 310 g/mol. The molecule has 0 saturated carbocycles. The molecule has 2 atom stereocenters. The van der Waals surface area contributed by atoms with Gasteiger partial charge in [-0.1, -0.05) is 54.6 Å². The van der Waals surface area contributed by atoms with Crippen molar-refractivity contribution in [2.24, 2.45) is 0 Å². The van der Waals surface area contributed by atoms with Gasteiger partial charge in [-0.3, -0.25) is 0 Å². The highest BCUT2D eigenvalue weighted by molar-refractivity contribution is 5.69. The Kier molecular flexibility index (Phi) is 4.85. The second-order valence-corrected chi connectivity index (χ2v) is 7.86. The lowest BCUT2D eigenvalue weighted by Gasteiger charge is -2.32. The summed E-state index contributed by atoms with van der Waals surface area (Å²) in [6.07, 6.45) is 1.56. The van der Waals surface area contributed by atoms with Gasteiger partial charge >= 0.3 is 6.09 Å². The summed E-state index contributed by atoms with van der Waals surface area (Å²) in [6, 6.07) is 19.2. The largest absolute Gasteiger partial charge is 0.444 e. The molecule has 0 fully saturated rings. The smallest absolute Gasteiger partial charge is 0.410 e. The van der Waals surface area contributed by atoms with Crippen LogP contribution in [0, 0.1) is 0 Å². The number of rotatable bonds is 3. The third kappa shape index (κ3) is 4.04. The van der Waals surface area contributed by atoms with Crippen molar-refractivity contribution in [1.29, 1.82) is 0 Å². The molecule has 0 radical (unpaired) electrons. The van der Waals surface area contributed by atoms with Gasteiger partial charge in [-0.25, -0.2) is 4.79 Å². The fourth-order valence-corrected chi connectivity index (χ4v) is 3.65. The normalized spacial score (nSPS) is 19.4. The number of benzene rings is 2. The molecule has 0 heterocycles. The zero-order chi connectivity index (χ0) is 18.0. The van der Waals surface area contributed by atoms with Crippen LogP contribution in [0.3, 0.4) is 0 Å². The molecule has 132 valence electrons. The molecule has 25 heavy (non-hydrogen) atoms. The van der Waals surface area contributed by atoms with E-state index in [4.69, 9.17) is 4.74 Å². The number of amides is 1. The molecule has 2 aromatic carbocycles. The van der Waals surface area contributed by atoms with Gasteiger partial charge in [-0.05, 0) is 50.3 Å². The molecule has 2 aromatic rings. The van der Waals surface area contributed by atoms with Gasteiger partial charge < -0.3 is 9.64 Å². The van der Waals surface area contributed by atoms with E-state index in [9.17, 15) is 4.79 Å². The number of carbonyl (C=O) groups is 1. The van der Waals surface area contributed by atoms with Crippen LogP contribution in [-0.4, -0.2) is 29.7 Å². The molecular formula is C22H27NO2. The van der Waals surface area contributed by atoms with Crippen LogP contribution in [0.1, 0.15) is 43.4 Å². The molecule has 1 aliphatic carbocycles. The van der Waals surface area contributed by atoms with E-state index in [-0.39, 0.29) is 18.1 Å². The summed E-state index contributed by atoms with van der Waals surface area (Å²) in [7, 11) is 1.86. The molecule has 3 nitrogen and oxygen atoms in total. The number of ether oxygens (including phenoxy) is 1. The van der Waals surface area contributed by atoms with Crippen LogP contribution >= 0.6 is 0 Å². The Balaban J connectivity index is 1.86. The second-order valence-electron chi connectivity index (χ2n) is 7.86. The molecule has 1 amide bonds. The van der Waals surface area contributed by atoms with Crippen molar-refractivity contribution in [3.05, 3.63) is 71.3 Å². The van der Waals surface area contributed by atoms with Crippen LogP contribution in [0.15, 0.2) is 54.6 Å². The van der Waals surface area contributed by atoms with Gasteiger partial charge in [0, 0.05) is 19.0 Å². The Morgan fingerprint density at radius 1 is 1.08 bits per heavy atom. The zero-order valence-corrected chi connectivity index (χ0v) is 15.5. The van der Waals surface area contributed by atoms with E-state index in [1.54, 1.807) is 4.90 Å². The van der Waals surface area contributed by atoms with E-state index >= 15 is 0 Å². The number of hydrogen-bond acceptors (Lipinski definition) is 2. The average Bonchev–Trinajstić information content (AvgIpc) is 2.92. The van der Waals surface area contributed by atoms with Crippen molar-refractivity contribution < 1.29 is 9.53 Å². The lowest BCUT2D eigenvalue weighted by atomic mass is 9.90. The van der Waals surface area contributed by atoms with Gasteiger partial charge in [-0.2, -0.15) is 0 Å². The summed E-state index contributed by atoms with van der Waals surface area (Å²) in [4.78, 5) is 14.4. The van der Waals surface area contributed by atoms with Crippen molar-refractivity contribution in [2.45, 2.75) is 51.2 Å². The molecule has 0 aromatic heterocycles. The van der Waals surface area contributed by atoms with Gasteiger partial charge in [0.2, 0.25) is 0 Å². The SMILES string of the molecule is CN(C(=O)OC(C)(C)C)[C@@H]1Cc2ccccc2[C@H]1Cc1ccccc1. The Morgan fingerprint density at radius 2 is 1.72 bits per heavy atom. The minimum atomic E-state index is -0.480. The lowest BCUT2D eigenvalue weighted by molar-refractivity contribution is 0.0207. The Hall–Kier alpha value is -2.29. The molecule has 3 rings (SSSR count). The van der Waals surface area contributed by atoms with E-state index < -0.39 is 5.60 Å². The summed E-state index contributed by atoms with van der Waals surface area (Å²) in [5.74, 6) is 0.288. The van der Waals surface area contributed by atoms with Crippen LogP contribution in [0.5, 0.6) is 0 Å². The maximum absolute atomic E-state index is 12.6. The maximum Gasteiger partial charge on any atom is 0.410 e. The van der Waals surface area contributed by atoms with E-state index in [1.807, 2.05) is 33.9 Å². The van der Waals surface area contributed by atoms with Gasteiger partial charge in [0.1, 0.15) is 5.60 Å². The zero-order valence-electron chi connectivity index (χ0n) is 15.5. The first-order chi connectivity index (χ1) is 11.8. The Morgan fingerprint density at radius 3 is 2.40 bits per heavy atom. The van der Waals surface area contributed by atoms with E-state index in [1.165, 1.54) is 16.7 Å². The van der Waals surface area contributed by atoms with Crippen LogP contribution in [0.2, 0.25) is 0 Å². The Bertz CT molecular complexity index is 733. The fraction of sp³-hybridized carbons (Fsp3) is 0.409. The fourth-order valence-electron chi connectivity index (χ4n) is 3.65. The van der Waals surface area contributed by atoms with Crippen molar-refractivity contribution in [3.63, 3.8) is 0 Å². The Labute approximate surface area is 150 Å². The highest BCUT2D eigenvalue weighted by Gasteiger charge is 2.37. The van der Waals surface area contributed by atoms with Crippen LogP contribution in [0.25, 0.3) is 0 Å². The van der Waals surface area contributed by atoms with Crippen molar-refractivity contribution in [2.75, 3.05) is 7.05 Å². The number of carbonyl (C=O) groups excluding carboxylic acids is 1.